The maximum absolute atomic E-state index is 12.3. The van der Waals surface area contributed by atoms with Crippen molar-refractivity contribution in [1.82, 2.24) is 10.3 Å². The minimum absolute atomic E-state index is 0.0872. The third-order valence-electron chi connectivity index (χ3n) is 3.77. The maximum Gasteiger partial charge on any atom is 0.271 e. The van der Waals surface area contributed by atoms with Crippen molar-refractivity contribution >= 4 is 22.4 Å². The van der Waals surface area contributed by atoms with Crippen molar-refractivity contribution < 1.29 is 9.53 Å². The molecule has 2 N–H and O–H groups in total. The number of hydrogen-bond acceptors (Lipinski definition) is 5. The Bertz CT molecular complexity index is 499. The Morgan fingerprint density at radius 1 is 1.55 bits per heavy atom. The van der Waals surface area contributed by atoms with Gasteiger partial charge in [0, 0.05) is 24.6 Å². The molecule has 0 radical (unpaired) electrons. The minimum Gasteiger partial charge on any atom is -0.375 e. The van der Waals surface area contributed by atoms with Crippen LogP contribution in [0.15, 0.2) is 5.38 Å². The summed E-state index contributed by atoms with van der Waals surface area (Å²) in [5, 5.41) is 8.99. The fourth-order valence-electron chi connectivity index (χ4n) is 2.54. The van der Waals surface area contributed by atoms with Crippen LogP contribution in [0.1, 0.15) is 57.4 Å². The molecule has 124 valence electrons. The Hall–Kier alpha value is -1.14. The average Bonchev–Trinajstić information content (AvgIpc) is 2.86. The number of aromatic nitrogens is 1. The van der Waals surface area contributed by atoms with Gasteiger partial charge in [-0.05, 0) is 39.0 Å². The van der Waals surface area contributed by atoms with Gasteiger partial charge in [-0.15, -0.1) is 11.3 Å². The first-order valence-electron chi connectivity index (χ1n) is 8.00. The third-order valence-corrected chi connectivity index (χ3v) is 4.57. The molecule has 0 aromatic carbocycles. The van der Waals surface area contributed by atoms with Gasteiger partial charge in [0.05, 0.1) is 5.60 Å². The maximum atomic E-state index is 12.3. The summed E-state index contributed by atoms with van der Waals surface area (Å²) in [6.45, 7) is 10.1. The van der Waals surface area contributed by atoms with Crippen LogP contribution >= 0.6 is 11.3 Å². The number of nitrogens with one attached hydrogen (secondary N) is 2. The quantitative estimate of drug-likeness (QED) is 0.842. The summed E-state index contributed by atoms with van der Waals surface area (Å²) in [4.78, 5) is 16.7. The van der Waals surface area contributed by atoms with Gasteiger partial charge in [0.2, 0.25) is 0 Å². The van der Waals surface area contributed by atoms with E-state index in [0.29, 0.717) is 18.2 Å². The summed E-state index contributed by atoms with van der Waals surface area (Å²) >= 11 is 1.48. The smallest absolute Gasteiger partial charge is 0.271 e. The highest BCUT2D eigenvalue weighted by molar-refractivity contribution is 7.13. The number of thiazole rings is 1. The first-order chi connectivity index (χ1) is 10.4. The lowest BCUT2D eigenvalue weighted by Gasteiger charge is -2.35. The number of carbonyl (C=O) groups excluding carboxylic acids is 1. The highest BCUT2D eigenvalue weighted by Crippen LogP contribution is 2.24. The Morgan fingerprint density at radius 3 is 3.00 bits per heavy atom. The SMILES string of the molecule is CC(C)CCNc1nc(C(=O)NC2CCOC(C)(C)C2)cs1. The van der Waals surface area contributed by atoms with E-state index in [1.54, 1.807) is 0 Å². The molecule has 0 saturated carbocycles. The molecule has 0 bridgehead atoms. The molecule has 1 amide bonds. The largest absolute Gasteiger partial charge is 0.375 e. The molecule has 0 spiro atoms. The summed E-state index contributed by atoms with van der Waals surface area (Å²) in [5.41, 5.74) is 0.336. The van der Waals surface area contributed by atoms with Gasteiger partial charge >= 0.3 is 0 Å². The third kappa shape index (κ3) is 5.25. The lowest BCUT2D eigenvalue weighted by molar-refractivity contribution is -0.0615. The summed E-state index contributed by atoms with van der Waals surface area (Å²) in [5.74, 6) is 0.572. The van der Waals surface area contributed by atoms with Gasteiger partial charge < -0.3 is 15.4 Å². The van der Waals surface area contributed by atoms with E-state index in [4.69, 9.17) is 4.74 Å². The van der Waals surface area contributed by atoms with E-state index in [9.17, 15) is 4.79 Å². The average molecular weight is 325 g/mol. The number of carbonyl (C=O) groups is 1. The minimum atomic E-state index is -0.165. The number of amides is 1. The Morgan fingerprint density at radius 2 is 2.32 bits per heavy atom. The molecule has 1 aliphatic rings. The van der Waals surface area contributed by atoms with Crippen LogP contribution in [0.4, 0.5) is 5.13 Å². The zero-order chi connectivity index (χ0) is 16.2. The predicted octanol–water partition coefficient (Wildman–Crippen LogP) is 3.29. The topological polar surface area (TPSA) is 63.2 Å². The van der Waals surface area contributed by atoms with Crippen molar-refractivity contribution in [2.24, 2.45) is 5.92 Å². The molecule has 1 aliphatic heterocycles. The number of nitrogens with zero attached hydrogens (tertiary/aromatic N) is 1. The van der Waals surface area contributed by atoms with Crippen LogP contribution in [-0.2, 0) is 4.74 Å². The van der Waals surface area contributed by atoms with Crippen LogP contribution in [0, 0.1) is 5.92 Å². The Kier molecular flexibility index (Phi) is 5.81. The number of rotatable bonds is 6. The van der Waals surface area contributed by atoms with Gasteiger partial charge in [-0.2, -0.15) is 0 Å². The van der Waals surface area contributed by atoms with E-state index in [0.717, 1.165) is 30.9 Å². The number of hydrogen-bond donors (Lipinski definition) is 2. The molecule has 1 saturated heterocycles. The second-order valence-electron chi connectivity index (χ2n) is 6.92. The molecule has 1 fully saturated rings. The molecule has 1 aromatic heterocycles. The molecular formula is C16H27N3O2S. The highest BCUT2D eigenvalue weighted by Gasteiger charge is 2.30. The van der Waals surface area contributed by atoms with Crippen molar-refractivity contribution in [2.45, 2.75) is 58.6 Å². The van der Waals surface area contributed by atoms with E-state index in [1.165, 1.54) is 11.3 Å². The number of anilines is 1. The van der Waals surface area contributed by atoms with Crippen molar-refractivity contribution in [3.63, 3.8) is 0 Å². The Balaban J connectivity index is 1.84. The molecule has 22 heavy (non-hydrogen) atoms. The molecule has 1 aromatic rings. The van der Waals surface area contributed by atoms with Crippen LogP contribution in [0.3, 0.4) is 0 Å². The van der Waals surface area contributed by atoms with Crippen molar-refractivity contribution in [1.29, 1.82) is 0 Å². The van der Waals surface area contributed by atoms with Gasteiger partial charge in [-0.25, -0.2) is 4.98 Å². The summed E-state index contributed by atoms with van der Waals surface area (Å²) < 4.78 is 5.68. The van der Waals surface area contributed by atoms with E-state index < -0.39 is 0 Å². The van der Waals surface area contributed by atoms with Crippen molar-refractivity contribution in [3.05, 3.63) is 11.1 Å². The molecule has 0 aliphatic carbocycles. The van der Waals surface area contributed by atoms with Gasteiger partial charge in [0.1, 0.15) is 5.69 Å². The van der Waals surface area contributed by atoms with E-state index in [2.05, 4.69) is 43.3 Å². The fourth-order valence-corrected chi connectivity index (χ4v) is 3.26. The summed E-state index contributed by atoms with van der Waals surface area (Å²) in [6, 6.07) is 0.162. The predicted molar refractivity (Wildman–Crippen MR) is 90.6 cm³/mol. The monoisotopic (exact) mass is 325 g/mol. The molecule has 5 nitrogen and oxygen atoms in total. The van der Waals surface area contributed by atoms with E-state index >= 15 is 0 Å². The van der Waals surface area contributed by atoms with Crippen LogP contribution in [-0.4, -0.2) is 35.7 Å². The first-order valence-corrected chi connectivity index (χ1v) is 8.88. The fraction of sp³-hybridized carbons (Fsp3) is 0.750. The molecule has 2 heterocycles. The molecular weight excluding hydrogens is 298 g/mol. The second kappa shape index (κ2) is 7.42. The van der Waals surface area contributed by atoms with Crippen LogP contribution in [0.25, 0.3) is 0 Å². The first kappa shape index (κ1) is 17.2. The Labute approximate surface area is 136 Å². The van der Waals surface area contributed by atoms with Gasteiger partial charge in [-0.3, -0.25) is 4.79 Å². The van der Waals surface area contributed by atoms with Gasteiger partial charge in [0.15, 0.2) is 5.13 Å². The van der Waals surface area contributed by atoms with Crippen LogP contribution < -0.4 is 10.6 Å². The number of ether oxygens (including phenoxy) is 1. The standard InChI is InChI=1S/C16H27N3O2S/c1-11(2)5-7-17-15-19-13(10-22-15)14(20)18-12-6-8-21-16(3,4)9-12/h10-12H,5-9H2,1-4H3,(H,17,19)(H,18,20). The summed E-state index contributed by atoms with van der Waals surface area (Å²) in [6.07, 6.45) is 2.79. The highest BCUT2D eigenvalue weighted by atomic mass is 32.1. The second-order valence-corrected chi connectivity index (χ2v) is 7.78. The molecule has 6 heteroatoms. The van der Waals surface area contributed by atoms with Gasteiger partial charge in [-0.1, -0.05) is 13.8 Å². The van der Waals surface area contributed by atoms with Crippen molar-refractivity contribution in [2.75, 3.05) is 18.5 Å². The zero-order valence-electron chi connectivity index (χ0n) is 13.9. The van der Waals surface area contributed by atoms with E-state index in [-0.39, 0.29) is 17.6 Å². The van der Waals surface area contributed by atoms with Gasteiger partial charge in [0.25, 0.3) is 5.91 Å². The van der Waals surface area contributed by atoms with Crippen LogP contribution in [0.2, 0.25) is 0 Å². The molecule has 1 atom stereocenters. The van der Waals surface area contributed by atoms with E-state index in [1.807, 2.05) is 5.38 Å². The lowest BCUT2D eigenvalue weighted by atomic mass is 9.94. The molecule has 1 unspecified atom stereocenters. The lowest BCUT2D eigenvalue weighted by Crippen LogP contribution is -2.45. The summed E-state index contributed by atoms with van der Waals surface area (Å²) in [7, 11) is 0. The normalized spacial score (nSPS) is 20.9. The molecule has 2 rings (SSSR count). The van der Waals surface area contributed by atoms with Crippen molar-refractivity contribution in [3.8, 4) is 0 Å². The zero-order valence-corrected chi connectivity index (χ0v) is 14.8. The van der Waals surface area contributed by atoms with Crippen LogP contribution in [0.5, 0.6) is 0 Å².